The lowest BCUT2D eigenvalue weighted by molar-refractivity contribution is 0.165. The second kappa shape index (κ2) is 10.6. The number of aliphatic hydroxyl groups is 2. The van der Waals surface area contributed by atoms with Gasteiger partial charge in [0.15, 0.2) is 19.7 Å². The standard InChI is InChI=1S/C16H30N4O8S2/c21-13-9-29(25,26)7-11(13)19-15(23)17-5-3-1-2-4-6-18-16(24)20-12-8-30(27,28)10-14(12)22/h11-14,21-22H,1-10H2,(H2,17,19,23)(H2,18,20,24). The van der Waals surface area contributed by atoms with Crippen LogP contribution in [0, 0.1) is 0 Å². The van der Waals surface area contributed by atoms with Crippen molar-refractivity contribution in [2.24, 2.45) is 0 Å². The molecule has 4 atom stereocenters. The van der Waals surface area contributed by atoms with E-state index < -0.39 is 56.0 Å². The Morgan fingerprint density at radius 1 is 0.667 bits per heavy atom. The van der Waals surface area contributed by atoms with Crippen molar-refractivity contribution in [3.63, 3.8) is 0 Å². The smallest absolute Gasteiger partial charge is 0.315 e. The van der Waals surface area contributed by atoms with Crippen molar-refractivity contribution in [3.05, 3.63) is 0 Å². The van der Waals surface area contributed by atoms with E-state index in [1.54, 1.807) is 0 Å². The molecule has 2 rings (SSSR count). The highest BCUT2D eigenvalue weighted by Crippen LogP contribution is 2.13. The minimum absolute atomic E-state index is 0.266. The van der Waals surface area contributed by atoms with Gasteiger partial charge in [-0.3, -0.25) is 0 Å². The van der Waals surface area contributed by atoms with Gasteiger partial charge in [0.2, 0.25) is 0 Å². The molecule has 0 bridgehead atoms. The molecular formula is C16H30N4O8S2. The van der Waals surface area contributed by atoms with E-state index in [4.69, 9.17) is 0 Å². The molecule has 12 nitrogen and oxygen atoms in total. The molecule has 0 aromatic carbocycles. The minimum atomic E-state index is -3.32. The second-order valence-electron chi connectivity index (χ2n) is 7.72. The third-order valence-corrected chi connectivity index (χ3v) is 8.39. The predicted octanol–water partition coefficient (Wildman–Crippen LogP) is -2.54. The maximum atomic E-state index is 11.7. The average Bonchev–Trinajstić information content (AvgIpc) is 3.02. The SMILES string of the molecule is O=C(NCCCCCCNC(=O)NC1CS(=O)(=O)CC1O)NC1CS(=O)(=O)CC1O. The second-order valence-corrected chi connectivity index (χ2v) is 12.0. The number of unbranched alkanes of at least 4 members (excludes halogenated alkanes) is 3. The Bertz CT molecular complexity index is 749. The number of aliphatic hydroxyl groups excluding tert-OH is 2. The van der Waals surface area contributed by atoms with Crippen LogP contribution in [0.3, 0.4) is 0 Å². The van der Waals surface area contributed by atoms with E-state index in [0.717, 1.165) is 12.8 Å². The van der Waals surface area contributed by atoms with Crippen molar-refractivity contribution in [2.45, 2.75) is 50.0 Å². The van der Waals surface area contributed by atoms with Gasteiger partial charge in [-0.2, -0.15) is 0 Å². The van der Waals surface area contributed by atoms with Crippen LogP contribution in [0.1, 0.15) is 25.7 Å². The van der Waals surface area contributed by atoms with E-state index in [0.29, 0.717) is 25.9 Å². The molecule has 0 radical (unpaired) electrons. The normalized spacial score (nSPS) is 29.3. The topological polar surface area (TPSA) is 191 Å². The molecule has 0 aromatic heterocycles. The molecule has 2 fully saturated rings. The highest BCUT2D eigenvalue weighted by Gasteiger charge is 2.38. The highest BCUT2D eigenvalue weighted by molar-refractivity contribution is 7.92. The number of rotatable bonds is 9. The first kappa shape index (κ1) is 24.6. The Hall–Kier alpha value is -1.64. The summed E-state index contributed by atoms with van der Waals surface area (Å²) in [6.07, 6.45) is 0.792. The van der Waals surface area contributed by atoms with Gasteiger partial charge in [0.25, 0.3) is 0 Å². The third kappa shape index (κ3) is 8.24. The van der Waals surface area contributed by atoms with Gasteiger partial charge in [-0.05, 0) is 12.8 Å². The minimum Gasteiger partial charge on any atom is -0.390 e. The van der Waals surface area contributed by atoms with Crippen LogP contribution in [-0.4, -0.2) is 99.5 Å². The van der Waals surface area contributed by atoms with Gasteiger partial charge < -0.3 is 31.5 Å². The van der Waals surface area contributed by atoms with Crippen LogP contribution >= 0.6 is 0 Å². The Labute approximate surface area is 176 Å². The average molecular weight is 471 g/mol. The van der Waals surface area contributed by atoms with Gasteiger partial charge in [-0.15, -0.1) is 0 Å². The number of hydrogen-bond donors (Lipinski definition) is 6. The van der Waals surface area contributed by atoms with E-state index >= 15 is 0 Å². The Kier molecular flexibility index (Phi) is 8.70. The van der Waals surface area contributed by atoms with Crippen LogP contribution in [0.15, 0.2) is 0 Å². The molecule has 0 aromatic rings. The third-order valence-electron chi connectivity index (χ3n) is 4.95. The largest absolute Gasteiger partial charge is 0.390 e. The van der Waals surface area contributed by atoms with Gasteiger partial charge in [-0.25, -0.2) is 26.4 Å². The maximum absolute atomic E-state index is 11.7. The number of hydrogen-bond acceptors (Lipinski definition) is 8. The molecule has 0 spiro atoms. The number of carbonyl (C=O) groups excluding carboxylic acids is 2. The molecule has 2 saturated heterocycles. The van der Waals surface area contributed by atoms with Gasteiger partial charge >= 0.3 is 12.1 Å². The molecule has 14 heteroatoms. The lowest BCUT2D eigenvalue weighted by atomic mass is 10.2. The maximum Gasteiger partial charge on any atom is 0.315 e. The Balaban J connectivity index is 1.46. The first-order valence-electron chi connectivity index (χ1n) is 9.83. The van der Waals surface area contributed by atoms with Crippen molar-refractivity contribution < 1.29 is 36.6 Å². The Morgan fingerprint density at radius 3 is 1.33 bits per heavy atom. The number of amides is 4. The summed E-state index contributed by atoms with van der Waals surface area (Å²) in [5, 5.41) is 29.4. The van der Waals surface area contributed by atoms with Gasteiger partial charge in [0.05, 0.1) is 47.3 Å². The molecule has 30 heavy (non-hydrogen) atoms. The zero-order chi connectivity index (χ0) is 22.4. The molecule has 2 heterocycles. The zero-order valence-corrected chi connectivity index (χ0v) is 18.2. The molecule has 4 unspecified atom stereocenters. The Morgan fingerprint density at radius 2 is 1.03 bits per heavy atom. The van der Waals surface area contributed by atoms with Crippen LogP contribution in [0.25, 0.3) is 0 Å². The van der Waals surface area contributed by atoms with Crippen LogP contribution in [0.4, 0.5) is 9.59 Å². The van der Waals surface area contributed by atoms with Crippen molar-refractivity contribution in [1.82, 2.24) is 21.3 Å². The van der Waals surface area contributed by atoms with Gasteiger partial charge in [0.1, 0.15) is 0 Å². The zero-order valence-electron chi connectivity index (χ0n) is 16.5. The molecule has 0 aliphatic carbocycles. The van der Waals surface area contributed by atoms with Crippen molar-refractivity contribution in [1.29, 1.82) is 0 Å². The summed E-state index contributed by atoms with van der Waals surface area (Å²) in [7, 11) is -6.63. The summed E-state index contributed by atoms with van der Waals surface area (Å²) in [6, 6.07) is -2.63. The van der Waals surface area contributed by atoms with Crippen LogP contribution in [0.5, 0.6) is 0 Å². The lowest BCUT2D eigenvalue weighted by Crippen LogP contribution is -2.47. The van der Waals surface area contributed by atoms with E-state index in [1.165, 1.54) is 0 Å². The van der Waals surface area contributed by atoms with E-state index in [2.05, 4.69) is 21.3 Å². The fourth-order valence-corrected chi connectivity index (χ4v) is 6.86. The summed E-state index contributed by atoms with van der Waals surface area (Å²) in [4.78, 5) is 23.5. The van der Waals surface area contributed by atoms with E-state index in [9.17, 15) is 36.6 Å². The first-order valence-corrected chi connectivity index (χ1v) is 13.5. The van der Waals surface area contributed by atoms with E-state index in [1.807, 2.05) is 0 Å². The molecule has 2 aliphatic rings. The molecule has 6 N–H and O–H groups in total. The summed E-state index contributed by atoms with van der Waals surface area (Å²) in [5.74, 6) is -1.22. The van der Waals surface area contributed by atoms with Crippen molar-refractivity contribution in [2.75, 3.05) is 36.1 Å². The van der Waals surface area contributed by atoms with Crippen LogP contribution in [0.2, 0.25) is 0 Å². The van der Waals surface area contributed by atoms with Crippen LogP contribution in [-0.2, 0) is 19.7 Å². The molecule has 0 saturated carbocycles. The summed E-state index contributed by atoms with van der Waals surface area (Å²) in [6.45, 7) is 0.784. The van der Waals surface area contributed by atoms with Crippen molar-refractivity contribution in [3.8, 4) is 0 Å². The number of sulfone groups is 2. The molecule has 174 valence electrons. The summed E-state index contributed by atoms with van der Waals surface area (Å²) < 4.78 is 45.6. The first-order chi connectivity index (χ1) is 14.0. The molecule has 4 amide bonds. The summed E-state index contributed by atoms with van der Waals surface area (Å²) in [5.41, 5.74) is 0. The van der Waals surface area contributed by atoms with Gasteiger partial charge in [-0.1, -0.05) is 12.8 Å². The summed E-state index contributed by atoms with van der Waals surface area (Å²) >= 11 is 0. The fraction of sp³-hybridized carbons (Fsp3) is 0.875. The monoisotopic (exact) mass is 470 g/mol. The fourth-order valence-electron chi connectivity index (χ4n) is 3.38. The lowest BCUT2D eigenvalue weighted by Gasteiger charge is -2.16. The number of urea groups is 2. The number of nitrogens with one attached hydrogen (secondary N) is 4. The van der Waals surface area contributed by atoms with Gasteiger partial charge in [0, 0.05) is 13.1 Å². The highest BCUT2D eigenvalue weighted by atomic mass is 32.2. The number of carbonyl (C=O) groups is 2. The molecule has 2 aliphatic heterocycles. The molecular weight excluding hydrogens is 440 g/mol. The van der Waals surface area contributed by atoms with Crippen LogP contribution < -0.4 is 21.3 Å². The quantitative estimate of drug-likeness (QED) is 0.199. The van der Waals surface area contributed by atoms with E-state index in [-0.39, 0.29) is 23.0 Å². The predicted molar refractivity (Wildman–Crippen MR) is 108 cm³/mol. The van der Waals surface area contributed by atoms with Crippen molar-refractivity contribution >= 4 is 31.7 Å².